The molecule has 0 radical (unpaired) electrons. The van der Waals surface area contributed by atoms with Gasteiger partial charge in [0, 0.05) is 18.8 Å². The number of hydrogen-bond acceptors (Lipinski definition) is 3. The summed E-state index contributed by atoms with van der Waals surface area (Å²) < 4.78 is 0. The summed E-state index contributed by atoms with van der Waals surface area (Å²) in [5.74, 6) is 0.338. The fourth-order valence-corrected chi connectivity index (χ4v) is 3.00. The Balaban J connectivity index is 2.44. The molecule has 0 saturated carbocycles. The van der Waals surface area contributed by atoms with Crippen molar-refractivity contribution in [1.29, 1.82) is 0 Å². The van der Waals surface area contributed by atoms with E-state index in [4.69, 9.17) is 0 Å². The highest BCUT2D eigenvalue weighted by atomic mass is 32.2. The summed E-state index contributed by atoms with van der Waals surface area (Å²) in [6, 6.07) is 7.69. The van der Waals surface area contributed by atoms with Crippen LogP contribution in [0.1, 0.15) is 39.2 Å². The van der Waals surface area contributed by atoms with Gasteiger partial charge in [0.15, 0.2) is 0 Å². The highest BCUT2D eigenvalue weighted by molar-refractivity contribution is 8.01. The number of carbonyl (C=O) groups excluding carboxylic acids is 2. The minimum Gasteiger partial charge on any atom is -0.342 e. The van der Waals surface area contributed by atoms with Crippen LogP contribution >= 0.6 is 11.8 Å². The summed E-state index contributed by atoms with van der Waals surface area (Å²) in [7, 11) is 0. The maximum Gasteiger partial charge on any atom is 0.235 e. The van der Waals surface area contributed by atoms with E-state index in [0.29, 0.717) is 0 Å². The Morgan fingerprint density at radius 3 is 2.22 bits per heavy atom. The molecule has 1 unspecified atom stereocenters. The molecular weight excluding hydrogens is 308 g/mol. The van der Waals surface area contributed by atoms with Gasteiger partial charge in [0.05, 0.1) is 11.0 Å². The van der Waals surface area contributed by atoms with Crippen molar-refractivity contribution < 1.29 is 9.59 Å². The van der Waals surface area contributed by atoms with Crippen molar-refractivity contribution in [3.63, 3.8) is 0 Å². The molecule has 1 rings (SSSR count). The van der Waals surface area contributed by atoms with Crippen LogP contribution in [-0.2, 0) is 9.59 Å². The zero-order valence-corrected chi connectivity index (χ0v) is 15.4. The molecular formula is C18H28N2O2S. The molecule has 0 heterocycles. The van der Waals surface area contributed by atoms with E-state index < -0.39 is 0 Å². The van der Waals surface area contributed by atoms with Crippen LogP contribution in [0.25, 0.3) is 0 Å². The first-order valence-electron chi connectivity index (χ1n) is 8.24. The molecule has 2 amide bonds. The minimum atomic E-state index is -0.197. The topological polar surface area (TPSA) is 49.4 Å². The van der Waals surface area contributed by atoms with Gasteiger partial charge in [-0.1, -0.05) is 31.5 Å². The van der Waals surface area contributed by atoms with E-state index in [2.05, 4.69) is 19.2 Å². The number of nitrogens with zero attached hydrogens (tertiary/aromatic N) is 1. The lowest BCUT2D eigenvalue weighted by molar-refractivity contribution is -0.130. The molecule has 0 aliphatic carbocycles. The van der Waals surface area contributed by atoms with Gasteiger partial charge in [-0.3, -0.25) is 9.59 Å². The minimum absolute atomic E-state index is 0.0731. The largest absolute Gasteiger partial charge is 0.342 e. The Hall–Kier alpha value is -1.49. The molecule has 1 aromatic carbocycles. The van der Waals surface area contributed by atoms with Gasteiger partial charge in [-0.05, 0) is 38.8 Å². The third-order valence-corrected chi connectivity index (χ3v) is 4.58. The van der Waals surface area contributed by atoms with Crippen LogP contribution < -0.4 is 5.32 Å². The van der Waals surface area contributed by atoms with Crippen molar-refractivity contribution in [2.45, 2.75) is 45.8 Å². The van der Waals surface area contributed by atoms with Crippen molar-refractivity contribution in [2.24, 2.45) is 0 Å². The van der Waals surface area contributed by atoms with Gasteiger partial charge < -0.3 is 10.2 Å². The molecule has 1 N–H and O–H groups in total. The van der Waals surface area contributed by atoms with Gasteiger partial charge in [0.25, 0.3) is 0 Å². The highest BCUT2D eigenvalue weighted by Gasteiger charge is 2.20. The first kappa shape index (κ1) is 19.6. The molecule has 0 aliphatic rings. The van der Waals surface area contributed by atoms with Crippen LogP contribution in [0.5, 0.6) is 0 Å². The number of benzene rings is 1. The Morgan fingerprint density at radius 2 is 1.70 bits per heavy atom. The first-order chi connectivity index (χ1) is 11.0. The van der Waals surface area contributed by atoms with Crippen LogP contribution in [0, 0.1) is 6.92 Å². The number of hydrogen-bond donors (Lipinski definition) is 1. The van der Waals surface area contributed by atoms with E-state index in [1.807, 2.05) is 43.0 Å². The zero-order chi connectivity index (χ0) is 17.2. The number of thioether (sulfide) groups is 1. The molecule has 4 nitrogen and oxygen atoms in total. The van der Waals surface area contributed by atoms with Gasteiger partial charge in [0.1, 0.15) is 0 Å². The second-order valence-electron chi connectivity index (χ2n) is 5.69. The summed E-state index contributed by atoms with van der Waals surface area (Å²) in [5, 5.41) is 2.66. The Morgan fingerprint density at radius 1 is 1.13 bits per heavy atom. The Bertz CT molecular complexity index is 496. The fourth-order valence-electron chi connectivity index (χ4n) is 2.24. The average Bonchev–Trinajstić information content (AvgIpc) is 2.54. The van der Waals surface area contributed by atoms with Crippen LogP contribution in [0.4, 0.5) is 5.69 Å². The lowest BCUT2D eigenvalue weighted by atomic mass is 10.2. The molecule has 0 fully saturated rings. The van der Waals surface area contributed by atoms with E-state index in [1.165, 1.54) is 11.8 Å². The molecule has 1 aromatic rings. The van der Waals surface area contributed by atoms with Crippen molar-refractivity contribution in [3.05, 3.63) is 29.8 Å². The summed E-state index contributed by atoms with van der Waals surface area (Å²) >= 11 is 1.39. The Labute approximate surface area is 144 Å². The number of aryl methyl sites for hydroxylation is 1. The SMILES string of the molecule is CCCN(CCC)C(=O)C(C)SCC(=O)Nc1ccc(C)cc1. The van der Waals surface area contributed by atoms with Gasteiger partial charge in [0.2, 0.25) is 11.8 Å². The molecule has 0 bridgehead atoms. The normalized spacial score (nSPS) is 11.8. The lowest BCUT2D eigenvalue weighted by Gasteiger charge is -2.24. The average molecular weight is 337 g/mol. The highest BCUT2D eigenvalue weighted by Crippen LogP contribution is 2.15. The predicted molar refractivity (Wildman–Crippen MR) is 98.9 cm³/mol. The molecule has 1 atom stereocenters. The second kappa shape index (κ2) is 10.3. The molecule has 0 aliphatic heterocycles. The van der Waals surface area contributed by atoms with Crippen molar-refractivity contribution >= 4 is 29.3 Å². The summed E-state index contributed by atoms with van der Waals surface area (Å²) in [6.45, 7) is 9.60. The van der Waals surface area contributed by atoms with E-state index in [0.717, 1.165) is 37.2 Å². The number of carbonyl (C=O) groups is 2. The zero-order valence-electron chi connectivity index (χ0n) is 14.6. The molecule has 23 heavy (non-hydrogen) atoms. The molecule has 5 heteroatoms. The van der Waals surface area contributed by atoms with Crippen LogP contribution in [0.3, 0.4) is 0 Å². The molecule has 0 aromatic heterocycles. The van der Waals surface area contributed by atoms with E-state index in [9.17, 15) is 9.59 Å². The summed E-state index contributed by atoms with van der Waals surface area (Å²) in [5.41, 5.74) is 1.95. The predicted octanol–water partition coefficient (Wildman–Crippen LogP) is 3.70. The number of anilines is 1. The molecule has 128 valence electrons. The third kappa shape index (κ3) is 7.08. The summed E-state index contributed by atoms with van der Waals surface area (Å²) in [4.78, 5) is 26.3. The number of amides is 2. The van der Waals surface area contributed by atoms with Crippen LogP contribution in [0.15, 0.2) is 24.3 Å². The monoisotopic (exact) mass is 336 g/mol. The third-order valence-electron chi connectivity index (χ3n) is 3.45. The smallest absolute Gasteiger partial charge is 0.235 e. The lowest BCUT2D eigenvalue weighted by Crippen LogP contribution is -2.38. The maximum atomic E-state index is 12.4. The molecule has 0 saturated heterocycles. The fraction of sp³-hybridized carbons (Fsp3) is 0.556. The Kier molecular flexibility index (Phi) is 8.77. The van der Waals surface area contributed by atoms with Crippen LogP contribution in [0.2, 0.25) is 0 Å². The van der Waals surface area contributed by atoms with Gasteiger partial charge >= 0.3 is 0 Å². The first-order valence-corrected chi connectivity index (χ1v) is 9.29. The van der Waals surface area contributed by atoms with E-state index in [-0.39, 0.29) is 22.8 Å². The van der Waals surface area contributed by atoms with E-state index >= 15 is 0 Å². The van der Waals surface area contributed by atoms with Crippen molar-refractivity contribution in [2.75, 3.05) is 24.2 Å². The van der Waals surface area contributed by atoms with Crippen molar-refractivity contribution in [3.8, 4) is 0 Å². The standard InChI is InChI=1S/C18H28N2O2S/c1-5-11-20(12-6-2)18(22)15(4)23-13-17(21)19-16-9-7-14(3)8-10-16/h7-10,15H,5-6,11-13H2,1-4H3,(H,19,21). The summed E-state index contributed by atoms with van der Waals surface area (Å²) in [6.07, 6.45) is 1.91. The second-order valence-corrected chi connectivity index (χ2v) is 7.02. The number of rotatable bonds is 9. The van der Waals surface area contributed by atoms with Gasteiger partial charge in [-0.15, -0.1) is 11.8 Å². The quantitative estimate of drug-likeness (QED) is 0.748. The van der Waals surface area contributed by atoms with Crippen LogP contribution in [-0.4, -0.2) is 40.8 Å². The maximum absolute atomic E-state index is 12.4. The van der Waals surface area contributed by atoms with Gasteiger partial charge in [-0.25, -0.2) is 0 Å². The van der Waals surface area contributed by atoms with Crippen molar-refractivity contribution in [1.82, 2.24) is 4.90 Å². The van der Waals surface area contributed by atoms with Gasteiger partial charge in [-0.2, -0.15) is 0 Å². The van der Waals surface area contributed by atoms with E-state index in [1.54, 1.807) is 0 Å². The molecule has 0 spiro atoms. The number of nitrogens with one attached hydrogen (secondary N) is 1.